The summed E-state index contributed by atoms with van der Waals surface area (Å²) in [5.41, 5.74) is 3.35. The lowest BCUT2D eigenvalue weighted by molar-refractivity contribution is 0.498. The maximum atomic E-state index is 13.8. The highest BCUT2D eigenvalue weighted by Gasteiger charge is 2.20. The van der Waals surface area contributed by atoms with Gasteiger partial charge in [-0.2, -0.15) is 0 Å². The molecule has 0 saturated heterocycles. The van der Waals surface area contributed by atoms with Gasteiger partial charge in [0.25, 0.3) is 0 Å². The second-order valence-electron chi connectivity index (χ2n) is 5.38. The molecule has 1 aromatic heterocycles. The third-order valence-corrected chi connectivity index (χ3v) is 4.26. The van der Waals surface area contributed by atoms with Gasteiger partial charge in [-0.25, -0.2) is 4.39 Å². The zero-order valence-corrected chi connectivity index (χ0v) is 12.3. The van der Waals surface area contributed by atoms with Crippen LogP contribution in [0, 0.1) is 5.82 Å². The molecule has 4 heteroatoms. The van der Waals surface area contributed by atoms with Gasteiger partial charge in [0.1, 0.15) is 5.82 Å². The van der Waals surface area contributed by atoms with E-state index >= 15 is 0 Å². The first kappa shape index (κ1) is 13.7. The molecule has 0 fully saturated rings. The molecule has 2 aromatic rings. The van der Waals surface area contributed by atoms with Crippen molar-refractivity contribution in [3.05, 3.63) is 58.1 Å². The molecule has 106 valence electrons. The Labute approximate surface area is 123 Å². The molecule has 1 aliphatic carbocycles. The van der Waals surface area contributed by atoms with Gasteiger partial charge >= 0.3 is 0 Å². The quantitative estimate of drug-likeness (QED) is 0.907. The Morgan fingerprint density at radius 2 is 2.25 bits per heavy atom. The van der Waals surface area contributed by atoms with Crippen LogP contribution in [0.1, 0.15) is 35.6 Å². The Morgan fingerprint density at radius 3 is 3.05 bits per heavy atom. The van der Waals surface area contributed by atoms with Gasteiger partial charge in [0.15, 0.2) is 0 Å². The molecule has 20 heavy (non-hydrogen) atoms. The highest BCUT2D eigenvalue weighted by Crippen LogP contribution is 2.30. The summed E-state index contributed by atoms with van der Waals surface area (Å²) in [5, 5.41) is 3.92. The zero-order valence-electron chi connectivity index (χ0n) is 11.5. The number of benzene rings is 1. The Hall–Kier alpha value is -1.32. The fraction of sp³-hybridized carbons (Fsp3) is 0.375. The van der Waals surface area contributed by atoms with Crippen molar-refractivity contribution < 1.29 is 4.39 Å². The molecule has 0 spiro atoms. The van der Waals surface area contributed by atoms with Crippen molar-refractivity contribution in [2.24, 2.45) is 0 Å². The highest BCUT2D eigenvalue weighted by atomic mass is 35.5. The smallest absolute Gasteiger partial charge is 0.128 e. The Bertz CT molecular complexity index is 621. The van der Waals surface area contributed by atoms with Crippen LogP contribution in [-0.2, 0) is 13.0 Å². The van der Waals surface area contributed by atoms with E-state index in [0.29, 0.717) is 23.2 Å². The van der Waals surface area contributed by atoms with Gasteiger partial charge in [0.2, 0.25) is 0 Å². The summed E-state index contributed by atoms with van der Waals surface area (Å²) in [6.45, 7) is 0.524. The van der Waals surface area contributed by atoms with Crippen LogP contribution in [-0.4, -0.2) is 11.6 Å². The van der Waals surface area contributed by atoms with Crippen molar-refractivity contribution >= 4 is 11.6 Å². The minimum Gasteiger partial charge on any atom is -0.349 e. The molecule has 1 unspecified atom stereocenters. The first-order valence-corrected chi connectivity index (χ1v) is 7.35. The largest absolute Gasteiger partial charge is 0.349 e. The molecule has 1 heterocycles. The highest BCUT2D eigenvalue weighted by molar-refractivity contribution is 6.30. The van der Waals surface area contributed by atoms with Gasteiger partial charge in [-0.15, -0.1) is 0 Å². The summed E-state index contributed by atoms with van der Waals surface area (Å²) >= 11 is 5.94. The van der Waals surface area contributed by atoms with Crippen LogP contribution in [0.2, 0.25) is 5.02 Å². The normalized spacial score (nSPS) is 18.1. The average molecular weight is 293 g/mol. The van der Waals surface area contributed by atoms with Crippen LogP contribution in [0.25, 0.3) is 0 Å². The second-order valence-corrected chi connectivity index (χ2v) is 5.82. The van der Waals surface area contributed by atoms with E-state index in [1.807, 2.05) is 7.05 Å². The molecule has 0 radical (unpaired) electrons. The van der Waals surface area contributed by atoms with Crippen molar-refractivity contribution in [3.63, 3.8) is 0 Å². The molecular formula is C16H18ClFN2. The lowest BCUT2D eigenvalue weighted by Gasteiger charge is -2.21. The van der Waals surface area contributed by atoms with E-state index in [2.05, 4.69) is 22.3 Å². The van der Waals surface area contributed by atoms with Crippen LogP contribution in [0.3, 0.4) is 0 Å². The van der Waals surface area contributed by atoms with E-state index < -0.39 is 0 Å². The molecule has 1 atom stereocenters. The van der Waals surface area contributed by atoms with Gasteiger partial charge in [-0.1, -0.05) is 11.6 Å². The third-order valence-electron chi connectivity index (χ3n) is 4.02. The van der Waals surface area contributed by atoms with Gasteiger partial charge in [0.05, 0.1) is 0 Å². The molecule has 0 aliphatic heterocycles. The van der Waals surface area contributed by atoms with Crippen molar-refractivity contribution in [2.75, 3.05) is 7.05 Å². The first-order chi connectivity index (χ1) is 9.67. The van der Waals surface area contributed by atoms with Crippen LogP contribution < -0.4 is 5.32 Å². The summed E-state index contributed by atoms with van der Waals surface area (Å²) < 4.78 is 15.9. The summed E-state index contributed by atoms with van der Waals surface area (Å²) in [4.78, 5) is 0. The average Bonchev–Trinajstić information content (AvgIpc) is 2.85. The predicted octanol–water partition coefficient (Wildman–Crippen LogP) is 3.93. The molecule has 3 rings (SSSR count). The molecule has 0 amide bonds. The number of nitrogens with one attached hydrogen (secondary N) is 1. The van der Waals surface area contributed by atoms with Crippen molar-refractivity contribution in [2.45, 2.75) is 31.8 Å². The van der Waals surface area contributed by atoms with E-state index in [1.54, 1.807) is 12.1 Å². The minimum absolute atomic E-state index is 0.203. The predicted molar refractivity (Wildman–Crippen MR) is 79.7 cm³/mol. The SMILES string of the molecule is CNC1CCCc2cn(Cc3cc(Cl)ccc3F)cc21. The summed E-state index contributed by atoms with van der Waals surface area (Å²) in [5.74, 6) is -0.203. The van der Waals surface area contributed by atoms with Gasteiger partial charge in [-0.05, 0) is 55.6 Å². The van der Waals surface area contributed by atoms with Crippen LogP contribution in [0.5, 0.6) is 0 Å². The molecule has 1 aliphatic rings. The monoisotopic (exact) mass is 292 g/mol. The standard InChI is InChI=1S/C16H18ClFN2/c1-19-16-4-2-3-11-8-20(10-14(11)16)9-12-7-13(17)5-6-15(12)18/h5-8,10,16,19H,2-4,9H2,1H3. The maximum absolute atomic E-state index is 13.8. The van der Waals surface area contributed by atoms with Crippen molar-refractivity contribution in [3.8, 4) is 0 Å². The third kappa shape index (κ3) is 2.60. The second kappa shape index (κ2) is 5.58. The number of halogens is 2. The van der Waals surface area contributed by atoms with E-state index in [4.69, 9.17) is 11.6 Å². The molecule has 0 saturated carbocycles. The molecule has 1 N–H and O–H groups in total. The Kier molecular flexibility index (Phi) is 3.81. The summed E-state index contributed by atoms with van der Waals surface area (Å²) in [6, 6.07) is 5.13. The Morgan fingerprint density at radius 1 is 1.40 bits per heavy atom. The molecule has 0 bridgehead atoms. The van der Waals surface area contributed by atoms with E-state index in [9.17, 15) is 4.39 Å². The summed E-state index contributed by atoms with van der Waals surface area (Å²) in [6.07, 6.45) is 7.75. The van der Waals surface area contributed by atoms with Crippen LogP contribution >= 0.6 is 11.6 Å². The van der Waals surface area contributed by atoms with E-state index in [-0.39, 0.29) is 5.82 Å². The number of hydrogen-bond donors (Lipinski definition) is 1. The number of fused-ring (bicyclic) bond motifs is 1. The fourth-order valence-corrected chi connectivity index (χ4v) is 3.20. The number of aromatic nitrogens is 1. The Balaban J connectivity index is 1.88. The van der Waals surface area contributed by atoms with E-state index in [0.717, 1.165) is 6.42 Å². The van der Waals surface area contributed by atoms with Gasteiger partial charge in [0, 0.05) is 35.6 Å². The number of aryl methyl sites for hydroxylation is 1. The van der Waals surface area contributed by atoms with Crippen LogP contribution in [0.15, 0.2) is 30.6 Å². The molecular weight excluding hydrogens is 275 g/mol. The molecule has 1 aromatic carbocycles. The fourth-order valence-electron chi connectivity index (χ4n) is 3.00. The zero-order chi connectivity index (χ0) is 14.1. The lowest BCUT2D eigenvalue weighted by atomic mass is 9.91. The summed E-state index contributed by atoms with van der Waals surface area (Å²) in [7, 11) is 1.99. The number of hydrogen-bond acceptors (Lipinski definition) is 1. The van der Waals surface area contributed by atoms with Crippen molar-refractivity contribution in [1.29, 1.82) is 0 Å². The van der Waals surface area contributed by atoms with Gasteiger partial charge < -0.3 is 9.88 Å². The number of rotatable bonds is 3. The topological polar surface area (TPSA) is 17.0 Å². The van der Waals surface area contributed by atoms with Crippen LogP contribution in [0.4, 0.5) is 4.39 Å². The van der Waals surface area contributed by atoms with Crippen molar-refractivity contribution in [1.82, 2.24) is 9.88 Å². The molecule has 2 nitrogen and oxygen atoms in total. The maximum Gasteiger partial charge on any atom is 0.128 e. The van der Waals surface area contributed by atoms with E-state index in [1.165, 1.54) is 30.0 Å². The lowest BCUT2D eigenvalue weighted by Crippen LogP contribution is -2.20. The van der Waals surface area contributed by atoms with Gasteiger partial charge in [-0.3, -0.25) is 0 Å². The number of nitrogens with zero attached hydrogens (tertiary/aromatic N) is 1. The first-order valence-electron chi connectivity index (χ1n) is 6.97. The minimum atomic E-state index is -0.203.